The molecule has 3 rings (SSSR count). The second kappa shape index (κ2) is 12.6. The van der Waals surface area contributed by atoms with Crippen LogP contribution < -0.4 is 20.1 Å². The zero-order valence-electron chi connectivity index (χ0n) is 20.2. The van der Waals surface area contributed by atoms with E-state index in [9.17, 15) is 27.1 Å². The molecule has 0 radical (unpaired) electrons. The monoisotopic (exact) mass is 538 g/mol. The molecule has 0 aliphatic rings. The average Bonchev–Trinajstić information content (AvgIpc) is 3.31. The molecule has 1 amide bonds. The number of ether oxygens (including phenoxy) is 1. The molecular formula is C24H28F2N4O6S. The van der Waals surface area contributed by atoms with Crippen molar-refractivity contribution in [1.82, 2.24) is 15.6 Å². The number of nitrogens with zero attached hydrogens (tertiary/aromatic N) is 1. The van der Waals surface area contributed by atoms with E-state index in [1.54, 1.807) is 13.2 Å². The highest BCUT2D eigenvalue weighted by atomic mass is 32.2. The summed E-state index contributed by atoms with van der Waals surface area (Å²) in [6, 6.07) is 8.85. The maximum Gasteiger partial charge on any atom is 0.309 e. The largest absolute Gasteiger partial charge is 0.497 e. The molecule has 0 fully saturated rings. The van der Waals surface area contributed by atoms with Gasteiger partial charge in [0.1, 0.15) is 23.6 Å². The van der Waals surface area contributed by atoms with Gasteiger partial charge in [0, 0.05) is 19.2 Å². The molecule has 0 spiro atoms. The minimum atomic E-state index is -3.67. The van der Waals surface area contributed by atoms with Gasteiger partial charge >= 0.3 is 6.01 Å². The Hall–Kier alpha value is -3.55. The van der Waals surface area contributed by atoms with Gasteiger partial charge in [0.2, 0.25) is 10.0 Å². The lowest BCUT2D eigenvalue weighted by Crippen LogP contribution is -2.48. The third-order valence-electron chi connectivity index (χ3n) is 5.34. The van der Waals surface area contributed by atoms with Crippen LogP contribution in [0.1, 0.15) is 28.5 Å². The predicted octanol–water partition coefficient (Wildman–Crippen LogP) is 2.21. The molecule has 0 aliphatic carbocycles. The first kappa shape index (κ1) is 28.0. The van der Waals surface area contributed by atoms with E-state index < -0.39 is 45.7 Å². The zero-order chi connectivity index (χ0) is 27.0. The number of oxazole rings is 1. The molecule has 10 nitrogen and oxygen atoms in total. The van der Waals surface area contributed by atoms with Crippen molar-refractivity contribution in [3.8, 4) is 5.75 Å². The Morgan fingerprint density at radius 2 is 1.89 bits per heavy atom. The summed E-state index contributed by atoms with van der Waals surface area (Å²) in [6.45, 7) is 1.83. The van der Waals surface area contributed by atoms with Crippen molar-refractivity contribution in [3.63, 3.8) is 0 Å². The van der Waals surface area contributed by atoms with E-state index in [4.69, 9.17) is 9.15 Å². The Morgan fingerprint density at radius 3 is 2.57 bits per heavy atom. The highest BCUT2D eigenvalue weighted by Gasteiger charge is 2.25. The van der Waals surface area contributed by atoms with Crippen LogP contribution in [-0.4, -0.2) is 56.0 Å². The van der Waals surface area contributed by atoms with Crippen molar-refractivity contribution in [1.29, 1.82) is 0 Å². The van der Waals surface area contributed by atoms with Crippen LogP contribution in [-0.2, 0) is 23.0 Å². The number of carbonyl (C=O) groups excluding carboxylic acids is 1. The van der Waals surface area contributed by atoms with Gasteiger partial charge in [-0.25, -0.2) is 21.9 Å². The summed E-state index contributed by atoms with van der Waals surface area (Å²) < 4.78 is 63.1. The number of benzene rings is 2. The number of aromatic nitrogens is 1. The number of aliphatic hydroxyl groups excluding tert-OH is 1. The molecule has 4 N–H and O–H groups in total. The quantitative estimate of drug-likeness (QED) is 0.260. The van der Waals surface area contributed by atoms with Crippen LogP contribution in [0.2, 0.25) is 0 Å². The Bertz CT molecular complexity index is 1300. The van der Waals surface area contributed by atoms with Crippen molar-refractivity contribution in [2.24, 2.45) is 0 Å². The van der Waals surface area contributed by atoms with Gasteiger partial charge in [0.15, 0.2) is 5.69 Å². The highest BCUT2D eigenvalue weighted by Crippen LogP contribution is 2.15. The number of anilines is 1. The lowest BCUT2D eigenvalue weighted by Gasteiger charge is -2.24. The first-order chi connectivity index (χ1) is 17.6. The zero-order valence-corrected chi connectivity index (χ0v) is 21.0. The van der Waals surface area contributed by atoms with E-state index in [-0.39, 0.29) is 30.0 Å². The lowest BCUT2D eigenvalue weighted by atomic mass is 10.0. The summed E-state index contributed by atoms with van der Waals surface area (Å²) in [4.78, 5) is 16.6. The molecule has 0 saturated heterocycles. The second-order valence-electron chi connectivity index (χ2n) is 8.15. The number of amides is 1. The lowest BCUT2D eigenvalue weighted by molar-refractivity contribution is 0.0825. The fourth-order valence-electron chi connectivity index (χ4n) is 3.43. The summed E-state index contributed by atoms with van der Waals surface area (Å²) >= 11 is 0. The van der Waals surface area contributed by atoms with Crippen LogP contribution in [0, 0.1) is 11.6 Å². The van der Waals surface area contributed by atoms with Crippen molar-refractivity contribution in [3.05, 3.63) is 77.2 Å². The first-order valence-electron chi connectivity index (χ1n) is 11.3. The van der Waals surface area contributed by atoms with Crippen LogP contribution >= 0.6 is 0 Å². The normalized spacial score (nSPS) is 13.1. The summed E-state index contributed by atoms with van der Waals surface area (Å²) in [6.07, 6.45) is -0.323. The molecular weight excluding hydrogens is 510 g/mol. The van der Waals surface area contributed by atoms with Crippen molar-refractivity contribution >= 4 is 21.9 Å². The van der Waals surface area contributed by atoms with E-state index >= 15 is 0 Å². The molecule has 3 aromatic rings. The van der Waals surface area contributed by atoms with Gasteiger partial charge in [-0.2, -0.15) is 4.98 Å². The fraction of sp³-hybridized carbons (Fsp3) is 0.333. The molecule has 1 aromatic heterocycles. The van der Waals surface area contributed by atoms with Gasteiger partial charge in [-0.3, -0.25) is 4.79 Å². The molecule has 200 valence electrons. The van der Waals surface area contributed by atoms with E-state index in [0.717, 1.165) is 30.0 Å². The summed E-state index contributed by atoms with van der Waals surface area (Å²) in [5.74, 6) is -1.92. The van der Waals surface area contributed by atoms with Gasteiger partial charge < -0.3 is 24.9 Å². The van der Waals surface area contributed by atoms with Gasteiger partial charge in [0.25, 0.3) is 5.91 Å². The summed E-state index contributed by atoms with van der Waals surface area (Å²) in [5, 5.41) is 16.5. The Labute approximate surface area is 213 Å². The van der Waals surface area contributed by atoms with E-state index in [2.05, 4.69) is 20.3 Å². The number of methoxy groups -OCH3 is 1. The van der Waals surface area contributed by atoms with Gasteiger partial charge in [-0.1, -0.05) is 12.1 Å². The van der Waals surface area contributed by atoms with Gasteiger partial charge in [-0.15, -0.1) is 0 Å². The van der Waals surface area contributed by atoms with E-state index in [1.807, 2.05) is 18.2 Å². The standard InChI is InChI=1S/C24H28F2N4O6S/c1-3-37(33,34)30-24-29-21(14-36-24)23(32)28-20(10-16-7-17(25)11-18(26)8-16)22(31)13-27-12-15-5-4-6-19(9-15)35-2/h4-9,11,14,20,22,27,31H,3,10,12-13H2,1-2H3,(H,28,32)(H,29,30). The molecule has 13 heteroatoms. The SMILES string of the molecule is CCS(=O)(=O)Nc1nc(C(=O)NC(Cc2cc(F)cc(F)c2)C(O)CNCc2cccc(OC)c2)co1. The fourth-order valence-corrected chi connectivity index (χ4v) is 3.93. The topological polar surface area (TPSA) is 143 Å². The van der Waals surface area contributed by atoms with E-state index in [1.165, 1.54) is 6.92 Å². The minimum absolute atomic E-state index is 0.0281. The van der Waals surface area contributed by atoms with Crippen molar-refractivity contribution < 1.29 is 36.3 Å². The maximum absolute atomic E-state index is 13.7. The molecule has 0 bridgehead atoms. The number of aliphatic hydroxyl groups is 1. The molecule has 2 atom stereocenters. The number of sulfonamides is 1. The summed E-state index contributed by atoms with van der Waals surface area (Å²) in [7, 11) is -2.12. The summed E-state index contributed by atoms with van der Waals surface area (Å²) in [5.41, 5.74) is 0.857. The molecule has 2 aromatic carbocycles. The number of nitrogens with one attached hydrogen (secondary N) is 3. The average molecular weight is 539 g/mol. The number of hydrogen-bond acceptors (Lipinski definition) is 8. The van der Waals surface area contributed by atoms with Gasteiger partial charge in [-0.05, 0) is 48.7 Å². The molecule has 37 heavy (non-hydrogen) atoms. The number of carbonyl (C=O) groups is 1. The molecule has 2 unspecified atom stereocenters. The predicted molar refractivity (Wildman–Crippen MR) is 132 cm³/mol. The number of halogens is 2. The highest BCUT2D eigenvalue weighted by molar-refractivity contribution is 7.92. The van der Waals surface area contributed by atoms with Crippen molar-refractivity contribution in [2.75, 3.05) is 24.1 Å². The van der Waals surface area contributed by atoms with Crippen LogP contribution in [0.5, 0.6) is 5.75 Å². The van der Waals surface area contributed by atoms with Crippen molar-refractivity contribution in [2.45, 2.75) is 32.0 Å². The number of hydrogen-bond donors (Lipinski definition) is 4. The Balaban J connectivity index is 1.71. The van der Waals surface area contributed by atoms with E-state index in [0.29, 0.717) is 12.3 Å². The van der Waals surface area contributed by atoms with Crippen LogP contribution in [0.3, 0.4) is 0 Å². The molecule has 0 saturated carbocycles. The minimum Gasteiger partial charge on any atom is -0.497 e. The number of rotatable bonds is 13. The maximum atomic E-state index is 13.7. The van der Waals surface area contributed by atoms with Crippen LogP contribution in [0.15, 0.2) is 53.1 Å². The van der Waals surface area contributed by atoms with Gasteiger partial charge in [0.05, 0.1) is 25.0 Å². The smallest absolute Gasteiger partial charge is 0.309 e. The third-order valence-corrected chi connectivity index (χ3v) is 6.58. The molecule has 1 heterocycles. The Kier molecular flexibility index (Phi) is 9.55. The first-order valence-corrected chi connectivity index (χ1v) is 13.0. The van der Waals surface area contributed by atoms with Crippen LogP contribution in [0.25, 0.3) is 0 Å². The second-order valence-corrected chi connectivity index (χ2v) is 10.2. The third kappa shape index (κ3) is 8.51. The Morgan fingerprint density at radius 1 is 1.16 bits per heavy atom. The van der Waals surface area contributed by atoms with Crippen LogP contribution in [0.4, 0.5) is 14.8 Å². The molecule has 0 aliphatic heterocycles.